The molecule has 4 aromatic carbocycles. The lowest BCUT2D eigenvalue weighted by Crippen LogP contribution is -2.44. The van der Waals surface area contributed by atoms with Gasteiger partial charge in [-0.15, -0.1) is 0 Å². The van der Waals surface area contributed by atoms with Crippen molar-refractivity contribution in [2.45, 2.75) is 50.5 Å². The third-order valence-electron chi connectivity index (χ3n) is 9.44. The number of carbonyl (C=O) groups excluding carboxylic acids is 2. The van der Waals surface area contributed by atoms with E-state index in [0.29, 0.717) is 62.5 Å². The molecule has 2 aliphatic rings. The second-order valence-corrected chi connectivity index (χ2v) is 12.5. The number of hydrogen-bond donors (Lipinski definition) is 0. The Bertz CT molecular complexity index is 2010. The van der Waals surface area contributed by atoms with E-state index in [0.717, 1.165) is 0 Å². The Morgan fingerprint density at radius 1 is 0.491 bits per heavy atom. The lowest BCUT2D eigenvalue weighted by Gasteiger charge is -2.44. The van der Waals surface area contributed by atoms with Crippen LogP contribution in [-0.4, -0.2) is 73.9 Å². The van der Waals surface area contributed by atoms with Crippen LogP contribution in [0.15, 0.2) is 66.7 Å². The molecule has 14 nitrogen and oxygen atoms in total. The lowest BCUT2D eigenvalue weighted by atomic mass is 9.88. The van der Waals surface area contributed by atoms with Crippen molar-refractivity contribution in [3.05, 3.63) is 89.0 Å². The van der Waals surface area contributed by atoms with Gasteiger partial charge in [0.1, 0.15) is 18.0 Å². The summed E-state index contributed by atoms with van der Waals surface area (Å²) < 4.78 is 72.3. The fraction of sp³-hybridized carbons (Fsp3) is 0.366. The van der Waals surface area contributed by atoms with Gasteiger partial charge in [0.2, 0.25) is 11.5 Å². The number of rotatable bonds is 13. The minimum absolute atomic E-state index is 0.283. The van der Waals surface area contributed by atoms with E-state index >= 15 is 0 Å². The average molecular weight is 761 g/mol. The van der Waals surface area contributed by atoms with Crippen molar-refractivity contribution >= 4 is 11.9 Å². The molecule has 2 aliphatic heterocycles. The van der Waals surface area contributed by atoms with Gasteiger partial charge in [-0.2, -0.15) is 0 Å². The first-order valence-corrected chi connectivity index (χ1v) is 17.3. The fourth-order valence-electron chi connectivity index (χ4n) is 7.01. The summed E-state index contributed by atoms with van der Waals surface area (Å²) >= 11 is 0. The summed E-state index contributed by atoms with van der Waals surface area (Å²) in [4.78, 5) is 25.9. The zero-order chi connectivity index (χ0) is 39.4. The Labute approximate surface area is 318 Å². The molecule has 0 saturated heterocycles. The van der Waals surface area contributed by atoms with Crippen LogP contribution in [0.25, 0.3) is 0 Å². The van der Waals surface area contributed by atoms with Crippen LogP contribution in [0.3, 0.4) is 0 Å². The normalized spacial score (nSPS) is 21.0. The summed E-state index contributed by atoms with van der Waals surface area (Å²) in [5.41, 5.74) is 2.16. The van der Waals surface area contributed by atoms with Gasteiger partial charge in [-0.05, 0) is 54.1 Å². The smallest absolute Gasteiger partial charge is 0.303 e. The first-order valence-electron chi connectivity index (χ1n) is 17.3. The molecule has 0 amide bonds. The summed E-state index contributed by atoms with van der Waals surface area (Å²) in [6.07, 6.45) is -6.26. The van der Waals surface area contributed by atoms with Gasteiger partial charge >= 0.3 is 11.9 Å². The number of methoxy groups -OCH3 is 7. The van der Waals surface area contributed by atoms with Gasteiger partial charge in [-0.25, -0.2) is 0 Å². The molecule has 0 unspecified atom stereocenters. The van der Waals surface area contributed by atoms with E-state index in [1.165, 1.54) is 56.5 Å². The molecular formula is C41H44O14. The van der Waals surface area contributed by atoms with E-state index in [-0.39, 0.29) is 11.5 Å². The minimum Gasteiger partial charge on any atom is -0.497 e. The van der Waals surface area contributed by atoms with Crippen LogP contribution < -0.4 is 42.6 Å². The van der Waals surface area contributed by atoms with E-state index in [9.17, 15) is 9.59 Å². The Balaban J connectivity index is 1.60. The van der Waals surface area contributed by atoms with Gasteiger partial charge in [0, 0.05) is 30.5 Å². The molecule has 0 saturated carbocycles. The Morgan fingerprint density at radius 3 is 1.35 bits per heavy atom. The van der Waals surface area contributed by atoms with E-state index in [2.05, 4.69) is 0 Å². The van der Waals surface area contributed by atoms with Gasteiger partial charge in [-0.1, -0.05) is 18.2 Å². The fourth-order valence-corrected chi connectivity index (χ4v) is 7.01. The quantitative estimate of drug-likeness (QED) is 0.134. The molecule has 0 aliphatic carbocycles. The molecule has 0 bridgehead atoms. The van der Waals surface area contributed by atoms with Crippen molar-refractivity contribution in [1.29, 1.82) is 0 Å². The second-order valence-electron chi connectivity index (χ2n) is 12.5. The van der Waals surface area contributed by atoms with Crippen LogP contribution in [0.5, 0.6) is 51.7 Å². The van der Waals surface area contributed by atoms with Crippen molar-refractivity contribution < 1.29 is 66.4 Å². The van der Waals surface area contributed by atoms with E-state index in [1.807, 2.05) is 12.1 Å². The van der Waals surface area contributed by atoms with Gasteiger partial charge in [0.05, 0.1) is 49.8 Å². The lowest BCUT2D eigenvalue weighted by molar-refractivity contribution is -0.203. The zero-order valence-electron chi connectivity index (χ0n) is 32.0. The minimum atomic E-state index is -1.12. The molecule has 0 N–H and O–H groups in total. The number of hydrogen-bond acceptors (Lipinski definition) is 14. The van der Waals surface area contributed by atoms with Crippen LogP contribution >= 0.6 is 0 Å². The standard InChI is InChI=1S/C41H44O14/c1-21(42)51-40-32(23-10-13-25(44-3)14-11-23)53-34-26(15-18-29(46-5)38(34)49-8)36(40)55-37-27-16-19-30(47-6)39(50-9)35(27)54-33(41(37)52-22(2)43)24-12-17-28(45-4)31(20-24)48-7/h10-20,32-33,36-37,40-41H,1-9H3/t32-,33-,36+,37+,40+,41+/m1/s1. The summed E-state index contributed by atoms with van der Waals surface area (Å²) in [6, 6.07) is 19.3. The highest BCUT2D eigenvalue weighted by Gasteiger charge is 2.51. The molecule has 0 aromatic heterocycles. The maximum atomic E-state index is 13.0. The maximum absolute atomic E-state index is 13.0. The predicted octanol–water partition coefficient (Wildman–Crippen LogP) is 6.68. The SMILES string of the molecule is COc1ccc([C@H]2Oc3c(ccc(OC)c3OC)[C@H](O[C@H]3c4ccc(OC)c(OC)c4O[C@H](c4ccc(OC)c(OC)c4)[C@@H]3OC(C)=O)[C@H]2OC(C)=O)cc1. The highest BCUT2D eigenvalue weighted by molar-refractivity contribution is 5.68. The molecule has 0 radical (unpaired) electrons. The molecular weight excluding hydrogens is 716 g/mol. The highest BCUT2D eigenvalue weighted by atomic mass is 16.6. The first-order chi connectivity index (χ1) is 26.6. The molecule has 6 atom stereocenters. The monoisotopic (exact) mass is 760 g/mol. The first kappa shape index (κ1) is 38.7. The average Bonchev–Trinajstić information content (AvgIpc) is 3.20. The molecule has 0 fully saturated rings. The van der Waals surface area contributed by atoms with Gasteiger partial charge in [0.15, 0.2) is 58.9 Å². The molecule has 6 rings (SSSR count). The zero-order valence-corrected chi connectivity index (χ0v) is 32.0. The van der Waals surface area contributed by atoms with E-state index in [4.69, 9.17) is 56.8 Å². The highest BCUT2D eigenvalue weighted by Crippen LogP contribution is 2.57. The van der Waals surface area contributed by atoms with Crippen LogP contribution in [0.4, 0.5) is 0 Å². The van der Waals surface area contributed by atoms with E-state index < -0.39 is 48.6 Å². The Hall–Kier alpha value is -6.02. The largest absolute Gasteiger partial charge is 0.497 e. The predicted molar refractivity (Wildman–Crippen MR) is 196 cm³/mol. The van der Waals surface area contributed by atoms with Crippen LogP contribution in [0.1, 0.15) is 60.5 Å². The van der Waals surface area contributed by atoms with Gasteiger partial charge in [0.25, 0.3) is 0 Å². The van der Waals surface area contributed by atoms with E-state index in [1.54, 1.807) is 61.7 Å². The van der Waals surface area contributed by atoms with Gasteiger partial charge in [-0.3, -0.25) is 9.59 Å². The van der Waals surface area contributed by atoms with Crippen molar-refractivity contribution in [3.8, 4) is 51.7 Å². The molecule has 0 spiro atoms. The third-order valence-corrected chi connectivity index (χ3v) is 9.44. The number of fused-ring (bicyclic) bond motifs is 2. The summed E-state index contributed by atoms with van der Waals surface area (Å²) in [6.45, 7) is 2.61. The van der Waals surface area contributed by atoms with Crippen LogP contribution in [0, 0.1) is 0 Å². The van der Waals surface area contributed by atoms with Crippen molar-refractivity contribution in [2.24, 2.45) is 0 Å². The van der Waals surface area contributed by atoms with Crippen LogP contribution in [-0.2, 0) is 23.8 Å². The van der Waals surface area contributed by atoms with Crippen molar-refractivity contribution in [2.75, 3.05) is 49.8 Å². The van der Waals surface area contributed by atoms with Crippen molar-refractivity contribution in [3.63, 3.8) is 0 Å². The maximum Gasteiger partial charge on any atom is 0.303 e. The molecule has 4 aromatic rings. The van der Waals surface area contributed by atoms with Crippen LogP contribution in [0.2, 0.25) is 0 Å². The molecule has 14 heteroatoms. The number of benzene rings is 4. The summed E-state index contributed by atoms with van der Waals surface area (Å²) in [7, 11) is 10.6. The molecule has 55 heavy (non-hydrogen) atoms. The number of ether oxygens (including phenoxy) is 12. The topological polar surface area (TPSA) is 145 Å². The molecule has 2 heterocycles. The Morgan fingerprint density at radius 2 is 0.927 bits per heavy atom. The van der Waals surface area contributed by atoms with Gasteiger partial charge < -0.3 is 56.8 Å². The molecule has 292 valence electrons. The number of esters is 2. The third kappa shape index (κ3) is 7.41. The Kier molecular flexibility index (Phi) is 11.6. The summed E-state index contributed by atoms with van der Waals surface area (Å²) in [5.74, 6) is 2.30. The number of carbonyl (C=O) groups is 2. The second kappa shape index (κ2) is 16.6. The summed E-state index contributed by atoms with van der Waals surface area (Å²) in [5, 5.41) is 0. The van der Waals surface area contributed by atoms with Crippen molar-refractivity contribution in [1.82, 2.24) is 0 Å².